The summed E-state index contributed by atoms with van der Waals surface area (Å²) in [5.74, 6) is 0.333. The van der Waals surface area contributed by atoms with Crippen LogP contribution in [0.5, 0.6) is 5.75 Å². The summed E-state index contributed by atoms with van der Waals surface area (Å²) in [6.07, 6.45) is 0. The minimum atomic E-state index is -4.00. The lowest BCUT2D eigenvalue weighted by Crippen LogP contribution is -2.42. The highest BCUT2D eigenvalue weighted by Gasteiger charge is 2.28. The molecule has 0 heterocycles. The Labute approximate surface area is 212 Å². The maximum absolute atomic E-state index is 13.5. The molecular weight excluding hydrogens is 484 g/mol. The first-order valence-corrected chi connectivity index (χ1v) is 13.1. The Balaban J connectivity index is 1.71. The zero-order valence-corrected chi connectivity index (χ0v) is 22.0. The molecule has 8 heteroatoms. The van der Waals surface area contributed by atoms with Crippen LogP contribution in [-0.4, -0.2) is 34.0 Å². The zero-order valence-electron chi connectivity index (χ0n) is 20.4. The first-order chi connectivity index (χ1) is 16.5. The molecule has 6 nitrogen and oxygen atoms in total. The number of benzene rings is 3. The van der Waals surface area contributed by atoms with Gasteiger partial charge in [0.1, 0.15) is 18.9 Å². The summed E-state index contributed by atoms with van der Waals surface area (Å²) >= 11 is 5.93. The van der Waals surface area contributed by atoms with Crippen molar-refractivity contribution in [2.24, 2.45) is 0 Å². The summed E-state index contributed by atoms with van der Waals surface area (Å²) in [5.41, 5.74) is 2.17. The van der Waals surface area contributed by atoms with Crippen LogP contribution in [-0.2, 0) is 20.2 Å². The smallest absolute Gasteiger partial charge is 0.264 e. The van der Waals surface area contributed by atoms with E-state index < -0.39 is 15.9 Å². The van der Waals surface area contributed by atoms with E-state index in [0.29, 0.717) is 10.7 Å². The summed E-state index contributed by atoms with van der Waals surface area (Å²) in [6.45, 7) is 8.26. The molecule has 3 rings (SSSR count). The molecule has 0 spiro atoms. The van der Waals surface area contributed by atoms with Crippen molar-refractivity contribution in [2.75, 3.05) is 24.0 Å². The summed E-state index contributed by atoms with van der Waals surface area (Å²) in [7, 11) is -4.00. The van der Waals surface area contributed by atoms with Crippen molar-refractivity contribution in [3.63, 3.8) is 0 Å². The molecule has 0 unspecified atom stereocenters. The number of hydrogen-bond donors (Lipinski definition) is 1. The van der Waals surface area contributed by atoms with Gasteiger partial charge >= 0.3 is 0 Å². The van der Waals surface area contributed by atoms with E-state index in [4.69, 9.17) is 16.3 Å². The van der Waals surface area contributed by atoms with E-state index in [9.17, 15) is 13.2 Å². The molecular formula is C27H31ClN2O4S. The highest BCUT2D eigenvalue weighted by molar-refractivity contribution is 7.92. The molecule has 1 amide bonds. The molecule has 3 aromatic rings. The summed E-state index contributed by atoms with van der Waals surface area (Å²) in [4.78, 5) is 12.9. The van der Waals surface area contributed by atoms with Crippen LogP contribution in [0.1, 0.15) is 31.9 Å². The van der Waals surface area contributed by atoms with Gasteiger partial charge in [-0.1, -0.05) is 68.8 Å². The van der Waals surface area contributed by atoms with Crippen LogP contribution in [0.4, 0.5) is 5.69 Å². The topological polar surface area (TPSA) is 75.7 Å². The summed E-state index contributed by atoms with van der Waals surface area (Å²) in [6, 6.07) is 20.7. The molecule has 0 aliphatic carbocycles. The van der Waals surface area contributed by atoms with Crippen LogP contribution in [0.3, 0.4) is 0 Å². The molecule has 0 aromatic heterocycles. The van der Waals surface area contributed by atoms with Crippen LogP contribution in [0.2, 0.25) is 5.02 Å². The second kappa shape index (κ2) is 11.1. The predicted molar refractivity (Wildman–Crippen MR) is 141 cm³/mol. The molecule has 1 N–H and O–H groups in total. The number of aryl methyl sites for hydroxylation is 1. The van der Waals surface area contributed by atoms with Crippen LogP contribution in [0.25, 0.3) is 0 Å². The van der Waals surface area contributed by atoms with Gasteiger partial charge < -0.3 is 10.1 Å². The van der Waals surface area contributed by atoms with Crippen molar-refractivity contribution in [1.82, 2.24) is 5.32 Å². The van der Waals surface area contributed by atoms with E-state index in [1.807, 2.05) is 30.3 Å². The predicted octanol–water partition coefficient (Wildman–Crippen LogP) is 5.34. The van der Waals surface area contributed by atoms with Crippen molar-refractivity contribution in [3.05, 3.63) is 88.9 Å². The van der Waals surface area contributed by atoms with E-state index in [2.05, 4.69) is 26.1 Å². The number of carbonyl (C=O) groups is 1. The lowest BCUT2D eigenvalue weighted by molar-refractivity contribution is -0.119. The largest absolute Gasteiger partial charge is 0.491 e. The van der Waals surface area contributed by atoms with Crippen molar-refractivity contribution in [1.29, 1.82) is 0 Å². The number of anilines is 1. The Kier molecular flexibility index (Phi) is 8.46. The maximum atomic E-state index is 13.5. The van der Waals surface area contributed by atoms with Gasteiger partial charge in [-0.3, -0.25) is 9.10 Å². The van der Waals surface area contributed by atoms with E-state index >= 15 is 0 Å². The zero-order chi connectivity index (χ0) is 25.6. The first kappa shape index (κ1) is 26.6. The van der Waals surface area contributed by atoms with E-state index in [1.54, 1.807) is 25.1 Å². The molecule has 0 fully saturated rings. The fraction of sp³-hybridized carbons (Fsp3) is 0.296. The third-order valence-corrected chi connectivity index (χ3v) is 7.48. The second-order valence-corrected chi connectivity index (χ2v) is 11.5. The van der Waals surface area contributed by atoms with Gasteiger partial charge in [-0.15, -0.1) is 0 Å². The average Bonchev–Trinajstić information content (AvgIpc) is 2.81. The summed E-state index contributed by atoms with van der Waals surface area (Å²) < 4.78 is 33.9. The normalized spacial score (nSPS) is 11.7. The van der Waals surface area contributed by atoms with Crippen LogP contribution >= 0.6 is 11.6 Å². The Morgan fingerprint density at radius 1 is 0.971 bits per heavy atom. The first-order valence-electron chi connectivity index (χ1n) is 11.3. The molecule has 0 radical (unpaired) electrons. The third-order valence-electron chi connectivity index (χ3n) is 5.45. The standard InChI is InChI=1S/C27H31ClN2O4S/c1-20-9-5-7-11-24(20)30(35(32,33)22-15-13-21(28)14-16-22)19-26(31)29-17-18-34-25-12-8-6-10-23(25)27(2,3)4/h5-16H,17-19H2,1-4H3,(H,29,31). The number of sulfonamides is 1. The van der Waals surface area contributed by atoms with Crippen molar-refractivity contribution >= 4 is 33.2 Å². The van der Waals surface area contributed by atoms with Gasteiger partial charge in [0.2, 0.25) is 5.91 Å². The second-order valence-electron chi connectivity index (χ2n) is 9.20. The molecule has 0 saturated heterocycles. The monoisotopic (exact) mass is 514 g/mol. The minimum Gasteiger partial charge on any atom is -0.491 e. The number of para-hydroxylation sites is 2. The molecule has 3 aromatic carbocycles. The number of carbonyl (C=O) groups excluding carboxylic acids is 1. The number of hydrogen-bond acceptors (Lipinski definition) is 4. The molecule has 0 aliphatic rings. The number of rotatable bonds is 9. The number of ether oxygens (including phenoxy) is 1. The Morgan fingerprint density at radius 3 is 2.26 bits per heavy atom. The Bertz CT molecular complexity index is 1270. The maximum Gasteiger partial charge on any atom is 0.264 e. The van der Waals surface area contributed by atoms with E-state index in [0.717, 1.165) is 21.2 Å². The van der Waals surface area contributed by atoms with Gasteiger partial charge in [0.15, 0.2) is 0 Å². The van der Waals surface area contributed by atoms with Gasteiger partial charge in [-0.2, -0.15) is 0 Å². The van der Waals surface area contributed by atoms with E-state index in [-0.39, 0.29) is 30.0 Å². The van der Waals surface area contributed by atoms with E-state index in [1.165, 1.54) is 24.3 Å². The number of nitrogens with zero attached hydrogens (tertiary/aromatic N) is 1. The van der Waals surface area contributed by atoms with Gasteiger partial charge in [0.05, 0.1) is 17.1 Å². The van der Waals surface area contributed by atoms with Crippen LogP contribution < -0.4 is 14.4 Å². The molecule has 0 aliphatic heterocycles. The van der Waals surface area contributed by atoms with Crippen LogP contribution in [0.15, 0.2) is 77.7 Å². The van der Waals surface area contributed by atoms with Crippen molar-refractivity contribution in [2.45, 2.75) is 38.0 Å². The molecule has 0 saturated carbocycles. The van der Waals surface area contributed by atoms with Crippen molar-refractivity contribution in [3.8, 4) is 5.75 Å². The molecule has 35 heavy (non-hydrogen) atoms. The van der Waals surface area contributed by atoms with Crippen LogP contribution in [0, 0.1) is 6.92 Å². The fourth-order valence-corrected chi connectivity index (χ4v) is 5.24. The molecule has 0 bridgehead atoms. The Morgan fingerprint density at radius 2 is 1.60 bits per heavy atom. The van der Waals surface area contributed by atoms with Gasteiger partial charge in [0, 0.05) is 5.02 Å². The van der Waals surface area contributed by atoms with Gasteiger partial charge in [0.25, 0.3) is 10.0 Å². The van der Waals surface area contributed by atoms with Gasteiger partial charge in [-0.05, 0) is 59.9 Å². The summed E-state index contributed by atoms with van der Waals surface area (Å²) in [5, 5.41) is 3.20. The minimum absolute atomic E-state index is 0.0556. The number of nitrogens with one attached hydrogen (secondary N) is 1. The average molecular weight is 515 g/mol. The number of halogens is 1. The highest BCUT2D eigenvalue weighted by Crippen LogP contribution is 2.31. The Hall–Kier alpha value is -3.03. The lowest BCUT2D eigenvalue weighted by Gasteiger charge is -2.25. The van der Waals surface area contributed by atoms with Gasteiger partial charge in [-0.25, -0.2) is 8.42 Å². The third kappa shape index (κ3) is 6.77. The highest BCUT2D eigenvalue weighted by atomic mass is 35.5. The SMILES string of the molecule is Cc1ccccc1N(CC(=O)NCCOc1ccccc1C(C)(C)C)S(=O)(=O)c1ccc(Cl)cc1. The quantitative estimate of drug-likeness (QED) is 0.391. The lowest BCUT2D eigenvalue weighted by atomic mass is 9.86. The fourth-order valence-electron chi connectivity index (χ4n) is 3.63. The molecule has 186 valence electrons. The number of amides is 1. The van der Waals surface area contributed by atoms with Crippen molar-refractivity contribution < 1.29 is 17.9 Å². The molecule has 0 atom stereocenters.